The third-order valence-electron chi connectivity index (χ3n) is 5.14. The van der Waals surface area contributed by atoms with Gasteiger partial charge in [-0.1, -0.05) is 54.6 Å². The van der Waals surface area contributed by atoms with Crippen LogP contribution in [0.5, 0.6) is 0 Å². The summed E-state index contributed by atoms with van der Waals surface area (Å²) >= 11 is 0. The summed E-state index contributed by atoms with van der Waals surface area (Å²) in [4.78, 5) is 42.4. The molecule has 3 aromatic carbocycles. The van der Waals surface area contributed by atoms with Crippen molar-refractivity contribution < 1.29 is 9.59 Å². The lowest BCUT2D eigenvalue weighted by atomic mass is 10.1. The van der Waals surface area contributed by atoms with Crippen molar-refractivity contribution in [2.45, 2.75) is 19.5 Å². The summed E-state index contributed by atoms with van der Waals surface area (Å²) in [5.41, 5.74) is 1.97. The number of carbonyl (C=O) groups excluding carboxylic acids is 2. The third kappa shape index (κ3) is 4.57. The molecule has 160 valence electrons. The van der Waals surface area contributed by atoms with E-state index >= 15 is 0 Å². The van der Waals surface area contributed by atoms with Crippen molar-refractivity contribution in [3.05, 3.63) is 107 Å². The Morgan fingerprint density at radius 1 is 0.938 bits per heavy atom. The summed E-state index contributed by atoms with van der Waals surface area (Å²) in [5, 5.41) is 6.13. The fourth-order valence-corrected chi connectivity index (χ4v) is 3.45. The maximum absolute atomic E-state index is 12.9. The van der Waals surface area contributed by atoms with Gasteiger partial charge in [0.2, 0.25) is 5.91 Å². The molecule has 0 saturated carbocycles. The molecule has 1 atom stereocenters. The fraction of sp³-hybridized carbons (Fsp3) is 0.120. The van der Waals surface area contributed by atoms with E-state index in [4.69, 9.17) is 0 Å². The van der Waals surface area contributed by atoms with Crippen LogP contribution in [0.3, 0.4) is 0 Å². The predicted octanol–water partition coefficient (Wildman–Crippen LogP) is 3.53. The Balaban J connectivity index is 1.49. The molecular weight excluding hydrogens is 404 g/mol. The van der Waals surface area contributed by atoms with Crippen molar-refractivity contribution in [2.24, 2.45) is 0 Å². The number of rotatable bonds is 6. The highest BCUT2D eigenvalue weighted by Gasteiger charge is 2.16. The molecule has 0 spiro atoms. The molecule has 0 saturated heterocycles. The number of hydrogen-bond donors (Lipinski definition) is 2. The van der Waals surface area contributed by atoms with Gasteiger partial charge < -0.3 is 10.6 Å². The molecule has 1 aromatic heterocycles. The molecule has 0 aliphatic heterocycles. The van der Waals surface area contributed by atoms with E-state index in [1.54, 1.807) is 48.5 Å². The summed E-state index contributed by atoms with van der Waals surface area (Å²) in [6.45, 7) is 1.68. The van der Waals surface area contributed by atoms with Gasteiger partial charge in [0, 0.05) is 0 Å². The summed E-state index contributed by atoms with van der Waals surface area (Å²) in [7, 11) is 0. The minimum absolute atomic E-state index is 0.199. The summed E-state index contributed by atoms with van der Waals surface area (Å²) < 4.78 is 1.25. The number of nitrogens with one attached hydrogen (secondary N) is 2. The fourth-order valence-electron chi connectivity index (χ4n) is 3.45. The monoisotopic (exact) mass is 426 g/mol. The van der Waals surface area contributed by atoms with Crippen LogP contribution in [0.2, 0.25) is 0 Å². The number of amides is 2. The molecule has 7 nitrogen and oxygen atoms in total. The standard InChI is InChI=1S/C25H22N4O3/c1-17(18-9-3-2-4-10-18)27-24(31)19-11-5-8-14-22(19)28-23(30)15-29-16-26-21-13-7-6-12-20(21)25(29)32/h2-14,16-17H,15H2,1H3,(H,27,31)(H,28,30)/t17-/m1/s1. The van der Waals surface area contributed by atoms with Crippen molar-refractivity contribution in [1.82, 2.24) is 14.9 Å². The number of benzene rings is 3. The van der Waals surface area contributed by atoms with Crippen LogP contribution in [0.15, 0.2) is 90.0 Å². The van der Waals surface area contributed by atoms with Crippen LogP contribution in [0, 0.1) is 0 Å². The molecule has 0 radical (unpaired) electrons. The lowest BCUT2D eigenvalue weighted by Crippen LogP contribution is -2.30. The zero-order chi connectivity index (χ0) is 22.5. The number of aromatic nitrogens is 2. The first-order valence-electron chi connectivity index (χ1n) is 10.2. The maximum Gasteiger partial charge on any atom is 0.261 e. The Labute approximate surface area is 184 Å². The average Bonchev–Trinajstić information content (AvgIpc) is 2.82. The topological polar surface area (TPSA) is 93.1 Å². The van der Waals surface area contributed by atoms with Crippen molar-refractivity contribution in [1.29, 1.82) is 0 Å². The second-order valence-electron chi connectivity index (χ2n) is 7.39. The van der Waals surface area contributed by atoms with E-state index in [2.05, 4.69) is 15.6 Å². The van der Waals surface area contributed by atoms with Crippen molar-refractivity contribution >= 4 is 28.4 Å². The second-order valence-corrected chi connectivity index (χ2v) is 7.39. The zero-order valence-electron chi connectivity index (χ0n) is 17.5. The summed E-state index contributed by atoms with van der Waals surface area (Å²) in [6, 6.07) is 23.1. The Morgan fingerprint density at radius 3 is 2.44 bits per heavy atom. The van der Waals surface area contributed by atoms with E-state index in [0.29, 0.717) is 22.2 Å². The first-order valence-corrected chi connectivity index (χ1v) is 10.2. The number of anilines is 1. The number of carbonyl (C=O) groups is 2. The molecule has 7 heteroatoms. The quantitative estimate of drug-likeness (QED) is 0.493. The highest BCUT2D eigenvalue weighted by molar-refractivity contribution is 6.03. The Bertz CT molecular complexity index is 1330. The molecule has 2 N–H and O–H groups in total. The van der Waals surface area contributed by atoms with Gasteiger partial charge in [0.15, 0.2) is 0 Å². The van der Waals surface area contributed by atoms with E-state index in [-0.39, 0.29) is 24.1 Å². The predicted molar refractivity (Wildman–Crippen MR) is 123 cm³/mol. The summed E-state index contributed by atoms with van der Waals surface area (Å²) in [6.07, 6.45) is 1.35. The number of hydrogen-bond acceptors (Lipinski definition) is 4. The van der Waals surface area contributed by atoms with E-state index < -0.39 is 5.91 Å². The molecule has 1 heterocycles. The van der Waals surface area contributed by atoms with Crippen molar-refractivity contribution in [3.8, 4) is 0 Å². The Kier molecular flexibility index (Phi) is 6.07. The van der Waals surface area contributed by atoms with E-state index in [1.165, 1.54) is 10.9 Å². The van der Waals surface area contributed by atoms with Gasteiger partial charge in [0.25, 0.3) is 11.5 Å². The van der Waals surface area contributed by atoms with Gasteiger partial charge >= 0.3 is 0 Å². The highest BCUT2D eigenvalue weighted by atomic mass is 16.2. The van der Waals surface area contributed by atoms with Gasteiger partial charge in [0.1, 0.15) is 6.54 Å². The minimum atomic E-state index is -0.430. The SMILES string of the molecule is C[C@@H](NC(=O)c1ccccc1NC(=O)Cn1cnc2ccccc2c1=O)c1ccccc1. The van der Waals surface area contributed by atoms with Crippen LogP contribution in [0.25, 0.3) is 10.9 Å². The van der Waals surface area contributed by atoms with Gasteiger partial charge in [-0.05, 0) is 36.8 Å². The Hall–Kier alpha value is -4.26. The molecule has 0 fully saturated rings. The van der Waals surface area contributed by atoms with Crippen LogP contribution in [-0.2, 0) is 11.3 Å². The zero-order valence-corrected chi connectivity index (χ0v) is 17.5. The molecule has 2 amide bonds. The molecular formula is C25H22N4O3. The molecule has 0 unspecified atom stereocenters. The number of para-hydroxylation sites is 2. The van der Waals surface area contributed by atoms with Crippen LogP contribution in [0.1, 0.15) is 28.9 Å². The van der Waals surface area contributed by atoms with Gasteiger partial charge in [-0.2, -0.15) is 0 Å². The van der Waals surface area contributed by atoms with E-state index in [9.17, 15) is 14.4 Å². The van der Waals surface area contributed by atoms with Gasteiger partial charge in [-0.25, -0.2) is 4.98 Å². The Morgan fingerprint density at radius 2 is 1.62 bits per heavy atom. The summed E-state index contributed by atoms with van der Waals surface area (Å²) in [5.74, 6) is -0.734. The van der Waals surface area contributed by atoms with E-state index in [0.717, 1.165) is 5.56 Å². The number of fused-ring (bicyclic) bond motifs is 1. The van der Waals surface area contributed by atoms with E-state index in [1.807, 2.05) is 37.3 Å². The molecule has 4 aromatic rings. The lowest BCUT2D eigenvalue weighted by molar-refractivity contribution is -0.116. The van der Waals surface area contributed by atoms with Crippen LogP contribution >= 0.6 is 0 Å². The molecule has 0 bridgehead atoms. The largest absolute Gasteiger partial charge is 0.345 e. The normalized spacial score (nSPS) is 11.7. The van der Waals surface area contributed by atoms with Crippen LogP contribution in [0.4, 0.5) is 5.69 Å². The molecule has 4 rings (SSSR count). The first kappa shape index (κ1) is 21.0. The molecule has 32 heavy (non-hydrogen) atoms. The maximum atomic E-state index is 12.9. The average molecular weight is 426 g/mol. The smallest absolute Gasteiger partial charge is 0.261 e. The minimum Gasteiger partial charge on any atom is -0.345 e. The van der Waals surface area contributed by atoms with Crippen molar-refractivity contribution in [3.63, 3.8) is 0 Å². The number of nitrogens with zero attached hydrogens (tertiary/aromatic N) is 2. The molecule has 0 aliphatic carbocycles. The van der Waals surface area contributed by atoms with Crippen LogP contribution < -0.4 is 16.2 Å². The molecule has 0 aliphatic rings. The van der Waals surface area contributed by atoms with Gasteiger partial charge in [-0.3, -0.25) is 19.0 Å². The van der Waals surface area contributed by atoms with Crippen molar-refractivity contribution in [2.75, 3.05) is 5.32 Å². The highest BCUT2D eigenvalue weighted by Crippen LogP contribution is 2.18. The lowest BCUT2D eigenvalue weighted by Gasteiger charge is -2.16. The van der Waals surface area contributed by atoms with Gasteiger partial charge in [-0.15, -0.1) is 0 Å². The third-order valence-corrected chi connectivity index (χ3v) is 5.14. The van der Waals surface area contributed by atoms with Gasteiger partial charge in [0.05, 0.1) is 34.5 Å². The second kappa shape index (κ2) is 9.26. The first-order chi connectivity index (χ1) is 15.5. The van der Waals surface area contributed by atoms with Crippen LogP contribution in [-0.4, -0.2) is 21.4 Å².